The fourth-order valence-corrected chi connectivity index (χ4v) is 1.02. The van der Waals surface area contributed by atoms with Gasteiger partial charge in [-0.3, -0.25) is 10.1 Å². The largest absolute Gasteiger partial charge is 0.320 e. The Balaban J connectivity index is 3.20. The van der Waals surface area contributed by atoms with Crippen LogP contribution in [-0.2, 0) is 0 Å². The zero-order valence-electron chi connectivity index (χ0n) is 5.97. The fourth-order valence-electron chi connectivity index (χ4n) is 0.583. The van der Waals surface area contributed by atoms with E-state index in [9.17, 15) is 14.5 Å². The minimum Gasteiger partial charge on any atom is -0.258 e. The van der Waals surface area contributed by atoms with Gasteiger partial charge in [-0.1, -0.05) is 0 Å². The Kier molecular flexibility index (Phi) is 2.71. The van der Waals surface area contributed by atoms with Gasteiger partial charge in [0, 0.05) is 11.8 Å². The molecule has 0 aliphatic rings. The number of nitrogens with zero attached hydrogens (tertiary/aromatic N) is 4. The topological polar surface area (TPSA) is 92.7 Å². The smallest absolute Gasteiger partial charge is 0.258 e. The van der Waals surface area contributed by atoms with Crippen LogP contribution in [0.25, 0.3) is 0 Å². The molecule has 6 nitrogen and oxygen atoms in total. The van der Waals surface area contributed by atoms with Gasteiger partial charge in [0.2, 0.25) is 0 Å². The molecule has 0 unspecified atom stereocenters. The number of hydrogen-bond donors (Lipinski definition) is 0. The first-order valence-corrected chi connectivity index (χ1v) is 3.69. The van der Waals surface area contributed by atoms with E-state index in [1.807, 2.05) is 0 Å². The third-order valence-corrected chi connectivity index (χ3v) is 1.63. The number of thioether (sulfide) groups is 1. The van der Waals surface area contributed by atoms with Crippen LogP contribution >= 0.6 is 11.8 Å². The molecular weight excluding hydrogens is 199 g/mol. The molecule has 1 aromatic heterocycles. The van der Waals surface area contributed by atoms with Crippen molar-refractivity contribution in [2.75, 3.05) is 0 Å². The van der Waals surface area contributed by atoms with E-state index in [2.05, 4.69) is 9.97 Å². The average molecular weight is 200 g/mol. The predicted octanol–water partition coefficient (Wildman–Crippen LogP) is 1.10. The highest BCUT2D eigenvalue weighted by Crippen LogP contribution is 2.24. The Labute approximate surface area is 75.6 Å². The maximum Gasteiger partial charge on any atom is 0.320 e. The number of halogens is 1. The maximum absolute atomic E-state index is 12.4. The van der Waals surface area contributed by atoms with Crippen molar-refractivity contribution >= 4 is 17.4 Å². The third kappa shape index (κ3) is 2.09. The number of thiocyanates is 1. The quantitative estimate of drug-likeness (QED) is 0.177. The van der Waals surface area contributed by atoms with Crippen molar-refractivity contribution in [2.24, 2.45) is 0 Å². The van der Waals surface area contributed by atoms with Crippen LogP contribution in [0.5, 0.6) is 0 Å². The highest BCUT2D eigenvalue weighted by atomic mass is 32.2. The van der Waals surface area contributed by atoms with Crippen molar-refractivity contribution in [1.29, 1.82) is 5.26 Å². The SMILES string of the molecule is N#CSc1nc(F)ncc1[N+](=O)[O-]. The summed E-state index contributed by atoms with van der Waals surface area (Å²) < 4.78 is 12.4. The summed E-state index contributed by atoms with van der Waals surface area (Å²) in [6.07, 6.45) is -0.370. The Morgan fingerprint density at radius 1 is 1.77 bits per heavy atom. The molecule has 0 fully saturated rings. The molecule has 0 spiro atoms. The van der Waals surface area contributed by atoms with Crippen LogP contribution in [-0.4, -0.2) is 14.9 Å². The predicted molar refractivity (Wildman–Crippen MR) is 40.1 cm³/mol. The van der Waals surface area contributed by atoms with E-state index in [0.29, 0.717) is 11.8 Å². The molecule has 13 heavy (non-hydrogen) atoms. The molecule has 0 aliphatic carbocycles. The molecule has 0 bridgehead atoms. The normalized spacial score (nSPS) is 9.23. The van der Waals surface area contributed by atoms with Gasteiger partial charge in [0.1, 0.15) is 11.6 Å². The standard InChI is InChI=1S/C5HFN4O2S/c6-5-8-1-3(10(11)12)4(9-5)13-2-7/h1H. The lowest BCUT2D eigenvalue weighted by atomic mass is 10.6. The Morgan fingerprint density at radius 3 is 3.00 bits per heavy atom. The third-order valence-electron chi connectivity index (χ3n) is 1.05. The zero-order valence-corrected chi connectivity index (χ0v) is 6.79. The van der Waals surface area contributed by atoms with Gasteiger partial charge in [-0.2, -0.15) is 14.6 Å². The Bertz CT molecular complexity index is 391. The summed E-state index contributed by atoms with van der Waals surface area (Å²) in [5.41, 5.74) is -0.479. The Morgan fingerprint density at radius 2 is 2.46 bits per heavy atom. The van der Waals surface area contributed by atoms with Gasteiger partial charge in [0.05, 0.1) is 4.92 Å². The first-order valence-electron chi connectivity index (χ1n) is 2.88. The minimum atomic E-state index is -1.09. The van der Waals surface area contributed by atoms with Crippen molar-refractivity contribution in [2.45, 2.75) is 5.03 Å². The summed E-state index contributed by atoms with van der Waals surface area (Å²) in [4.78, 5) is 15.6. The monoisotopic (exact) mass is 200 g/mol. The molecule has 0 saturated heterocycles. The highest BCUT2D eigenvalue weighted by Gasteiger charge is 2.17. The van der Waals surface area contributed by atoms with Gasteiger partial charge < -0.3 is 0 Å². The molecule has 0 N–H and O–H groups in total. The zero-order chi connectivity index (χ0) is 9.84. The number of nitriles is 1. The van der Waals surface area contributed by atoms with Crippen LogP contribution in [0.4, 0.5) is 10.1 Å². The summed E-state index contributed by atoms with van der Waals surface area (Å²) in [5, 5.41) is 19.8. The summed E-state index contributed by atoms with van der Waals surface area (Å²) in [6, 6.07) is 0. The van der Waals surface area contributed by atoms with Crippen LogP contribution in [0.15, 0.2) is 11.2 Å². The number of hydrogen-bond acceptors (Lipinski definition) is 6. The second-order valence-corrected chi connectivity index (χ2v) is 2.55. The van der Waals surface area contributed by atoms with Gasteiger partial charge in [-0.15, -0.1) is 0 Å². The number of nitro groups is 1. The number of rotatable bonds is 2. The fraction of sp³-hybridized carbons (Fsp3) is 0. The van der Waals surface area contributed by atoms with E-state index in [0.717, 1.165) is 6.20 Å². The van der Waals surface area contributed by atoms with Crippen molar-refractivity contribution in [1.82, 2.24) is 9.97 Å². The molecule has 0 aromatic carbocycles. The molecule has 0 aliphatic heterocycles. The van der Waals surface area contributed by atoms with E-state index in [1.165, 1.54) is 0 Å². The molecule has 0 saturated carbocycles. The highest BCUT2D eigenvalue weighted by molar-refractivity contribution is 8.03. The first kappa shape index (κ1) is 9.34. The van der Waals surface area contributed by atoms with Crippen LogP contribution in [0.2, 0.25) is 0 Å². The van der Waals surface area contributed by atoms with Gasteiger partial charge in [-0.05, 0) is 0 Å². The van der Waals surface area contributed by atoms with Crippen molar-refractivity contribution in [3.05, 3.63) is 22.4 Å². The number of aromatic nitrogens is 2. The molecule has 0 atom stereocenters. The lowest BCUT2D eigenvalue weighted by molar-refractivity contribution is -0.388. The molecule has 1 aromatic rings. The molecule has 1 rings (SSSR count). The van der Waals surface area contributed by atoms with Crippen LogP contribution in [0, 0.1) is 26.9 Å². The van der Waals surface area contributed by atoms with Crippen LogP contribution < -0.4 is 0 Å². The molecule has 8 heteroatoms. The van der Waals surface area contributed by atoms with E-state index < -0.39 is 16.7 Å². The lowest BCUT2D eigenvalue weighted by Crippen LogP contribution is -1.97. The Hall–Kier alpha value is -1.75. The van der Waals surface area contributed by atoms with Gasteiger partial charge in [0.25, 0.3) is 0 Å². The van der Waals surface area contributed by atoms with Crippen LogP contribution in [0.3, 0.4) is 0 Å². The molecular formula is C5HFN4O2S. The van der Waals surface area contributed by atoms with E-state index in [1.54, 1.807) is 5.40 Å². The summed E-state index contributed by atoms with van der Waals surface area (Å²) in [5.74, 6) is 0. The average Bonchev–Trinajstić information content (AvgIpc) is 2.04. The second kappa shape index (κ2) is 3.77. The molecule has 0 amide bonds. The van der Waals surface area contributed by atoms with Crippen molar-refractivity contribution in [3.8, 4) is 5.40 Å². The van der Waals surface area contributed by atoms with E-state index >= 15 is 0 Å². The summed E-state index contributed by atoms with van der Waals surface area (Å²) >= 11 is 0.417. The minimum absolute atomic E-state index is 0.292. The molecule has 1 heterocycles. The van der Waals surface area contributed by atoms with Crippen molar-refractivity contribution < 1.29 is 9.31 Å². The second-order valence-electron chi connectivity index (χ2n) is 1.78. The summed E-state index contributed by atoms with van der Waals surface area (Å²) in [6.45, 7) is 0. The lowest BCUT2D eigenvalue weighted by Gasteiger charge is -1.94. The van der Waals surface area contributed by atoms with E-state index in [-0.39, 0.29) is 5.03 Å². The van der Waals surface area contributed by atoms with Crippen LogP contribution in [0.1, 0.15) is 0 Å². The van der Waals surface area contributed by atoms with E-state index in [4.69, 9.17) is 5.26 Å². The molecule has 0 radical (unpaired) electrons. The first-order chi connectivity index (χ1) is 6.15. The van der Waals surface area contributed by atoms with Gasteiger partial charge in [-0.25, -0.2) is 4.98 Å². The van der Waals surface area contributed by atoms with Gasteiger partial charge in [0.15, 0.2) is 5.03 Å². The summed E-state index contributed by atoms with van der Waals surface area (Å²) in [7, 11) is 0. The maximum atomic E-state index is 12.4. The molecule has 66 valence electrons. The van der Waals surface area contributed by atoms with Crippen molar-refractivity contribution in [3.63, 3.8) is 0 Å². The van der Waals surface area contributed by atoms with Gasteiger partial charge >= 0.3 is 11.8 Å².